The van der Waals surface area contributed by atoms with E-state index < -0.39 is 12.0 Å². The van der Waals surface area contributed by atoms with E-state index in [9.17, 15) is 8.78 Å². The van der Waals surface area contributed by atoms with Gasteiger partial charge in [0.1, 0.15) is 23.5 Å². The standard InChI is InChI=1S/C20H19F2N3S/c21-12-9-10-14(15(22)11-12)18-19(23-13-5-1-2-6-13)25-16-7-3-4-8-17(16)26-20(25)24-18/h3-4,7-8,10-13,23H,1-2,5-6,9H2. The maximum absolute atomic E-state index is 14.5. The number of fused-ring (bicyclic) bond motifs is 3. The van der Waals surface area contributed by atoms with Gasteiger partial charge in [-0.1, -0.05) is 42.4 Å². The SMILES string of the molecule is FC1=CC(F)CC=C1c1nc2sc3ccccc3n2c1NC1CCCC1. The number of rotatable bonds is 3. The fourth-order valence-electron chi connectivity index (χ4n) is 3.96. The quantitative estimate of drug-likeness (QED) is 0.623. The molecule has 0 saturated heterocycles. The molecule has 0 amide bonds. The van der Waals surface area contributed by atoms with Crippen LogP contribution in [0.15, 0.2) is 42.2 Å². The van der Waals surface area contributed by atoms with Crippen molar-refractivity contribution < 1.29 is 8.78 Å². The van der Waals surface area contributed by atoms with Crippen molar-refractivity contribution in [2.45, 2.75) is 44.3 Å². The number of nitrogens with one attached hydrogen (secondary N) is 1. The van der Waals surface area contributed by atoms with E-state index in [0.717, 1.165) is 39.9 Å². The minimum absolute atomic E-state index is 0.192. The van der Waals surface area contributed by atoms with E-state index in [1.54, 1.807) is 17.4 Å². The van der Waals surface area contributed by atoms with Crippen molar-refractivity contribution in [3.63, 3.8) is 0 Å². The Labute approximate surface area is 154 Å². The summed E-state index contributed by atoms with van der Waals surface area (Å²) < 4.78 is 31.2. The molecule has 1 atom stereocenters. The topological polar surface area (TPSA) is 29.3 Å². The molecule has 2 heterocycles. The Hall–Kier alpha value is -2.21. The van der Waals surface area contributed by atoms with Crippen LogP contribution in [-0.4, -0.2) is 21.6 Å². The number of hydrogen-bond donors (Lipinski definition) is 1. The first-order valence-corrected chi connectivity index (χ1v) is 9.91. The summed E-state index contributed by atoms with van der Waals surface area (Å²) in [6, 6.07) is 8.51. The molecular formula is C20H19F2N3S. The molecule has 2 aliphatic rings. The van der Waals surface area contributed by atoms with Gasteiger partial charge in [0, 0.05) is 18.0 Å². The van der Waals surface area contributed by atoms with Gasteiger partial charge in [-0.25, -0.2) is 13.8 Å². The number of thiazole rings is 1. The molecule has 0 spiro atoms. The van der Waals surface area contributed by atoms with E-state index in [2.05, 4.69) is 21.9 Å². The van der Waals surface area contributed by atoms with E-state index in [1.165, 1.54) is 12.8 Å². The number of hydrogen-bond acceptors (Lipinski definition) is 3. The molecule has 2 aliphatic carbocycles. The third-order valence-corrected chi connectivity index (χ3v) is 6.26. The molecular weight excluding hydrogens is 352 g/mol. The number of anilines is 1. The number of halogens is 2. The molecule has 6 heteroatoms. The van der Waals surface area contributed by atoms with Crippen LogP contribution in [0.25, 0.3) is 20.8 Å². The summed E-state index contributed by atoms with van der Waals surface area (Å²) in [7, 11) is 0. The fourth-order valence-corrected chi connectivity index (χ4v) is 4.98. The molecule has 1 saturated carbocycles. The van der Waals surface area contributed by atoms with Crippen LogP contribution < -0.4 is 5.32 Å². The lowest BCUT2D eigenvalue weighted by Crippen LogP contribution is -2.17. The first kappa shape index (κ1) is 16.0. The highest BCUT2D eigenvalue weighted by Gasteiger charge is 2.27. The van der Waals surface area contributed by atoms with Crippen molar-refractivity contribution in [2.75, 3.05) is 5.32 Å². The average molecular weight is 371 g/mol. The van der Waals surface area contributed by atoms with Crippen molar-refractivity contribution in [1.29, 1.82) is 0 Å². The summed E-state index contributed by atoms with van der Waals surface area (Å²) in [5.74, 6) is 0.310. The monoisotopic (exact) mass is 371 g/mol. The summed E-state index contributed by atoms with van der Waals surface area (Å²) in [5.41, 5.74) is 2.06. The lowest BCUT2D eigenvalue weighted by atomic mass is 10.0. The third-order valence-electron chi connectivity index (χ3n) is 5.24. The number of imidazole rings is 1. The van der Waals surface area contributed by atoms with E-state index in [-0.39, 0.29) is 6.42 Å². The summed E-state index contributed by atoms with van der Waals surface area (Å²) in [5, 5.41) is 3.62. The second kappa shape index (κ2) is 6.20. The van der Waals surface area contributed by atoms with Crippen molar-refractivity contribution >= 4 is 37.9 Å². The van der Waals surface area contributed by atoms with Crippen LogP contribution >= 0.6 is 11.3 Å². The van der Waals surface area contributed by atoms with E-state index in [0.29, 0.717) is 17.3 Å². The molecule has 3 aromatic rings. The van der Waals surface area contributed by atoms with Crippen LogP contribution in [0.4, 0.5) is 14.6 Å². The lowest BCUT2D eigenvalue weighted by molar-refractivity contribution is 0.394. The van der Waals surface area contributed by atoms with Gasteiger partial charge in [-0.3, -0.25) is 4.40 Å². The zero-order valence-electron chi connectivity index (χ0n) is 14.2. The maximum Gasteiger partial charge on any atom is 0.197 e. The number of para-hydroxylation sites is 1. The van der Waals surface area contributed by atoms with Gasteiger partial charge < -0.3 is 5.32 Å². The fraction of sp³-hybridized carbons (Fsp3) is 0.350. The molecule has 26 heavy (non-hydrogen) atoms. The Bertz CT molecular complexity index is 1040. The Morgan fingerprint density at radius 3 is 2.81 bits per heavy atom. The van der Waals surface area contributed by atoms with Gasteiger partial charge >= 0.3 is 0 Å². The molecule has 1 fully saturated rings. The molecule has 0 aliphatic heterocycles. The smallest absolute Gasteiger partial charge is 0.197 e. The molecule has 0 radical (unpaired) electrons. The first-order valence-electron chi connectivity index (χ1n) is 9.09. The predicted octanol–water partition coefficient (Wildman–Crippen LogP) is 5.88. The van der Waals surface area contributed by atoms with Gasteiger partial charge in [0.2, 0.25) is 0 Å². The zero-order valence-corrected chi connectivity index (χ0v) is 15.0. The molecule has 0 bridgehead atoms. The summed E-state index contributed by atoms with van der Waals surface area (Å²) in [6.07, 6.45) is 6.26. The number of benzene rings is 1. The van der Waals surface area contributed by atoms with Crippen molar-refractivity contribution in [2.24, 2.45) is 0 Å². The lowest BCUT2D eigenvalue weighted by Gasteiger charge is -2.17. The van der Waals surface area contributed by atoms with Crippen LogP contribution in [0.1, 0.15) is 37.8 Å². The minimum Gasteiger partial charge on any atom is -0.367 e. The summed E-state index contributed by atoms with van der Waals surface area (Å²) >= 11 is 1.59. The molecule has 3 nitrogen and oxygen atoms in total. The van der Waals surface area contributed by atoms with Crippen molar-refractivity contribution in [3.8, 4) is 0 Å². The van der Waals surface area contributed by atoms with Gasteiger partial charge in [0.15, 0.2) is 4.96 Å². The van der Waals surface area contributed by atoms with Gasteiger partial charge in [-0.2, -0.15) is 0 Å². The van der Waals surface area contributed by atoms with Crippen LogP contribution in [-0.2, 0) is 0 Å². The van der Waals surface area contributed by atoms with Crippen LogP contribution in [0.2, 0.25) is 0 Å². The number of alkyl halides is 1. The maximum atomic E-state index is 14.5. The average Bonchev–Trinajstić information content (AvgIpc) is 3.32. The van der Waals surface area contributed by atoms with Gasteiger partial charge in [-0.05, 0) is 31.1 Å². The largest absolute Gasteiger partial charge is 0.367 e. The second-order valence-corrected chi connectivity index (χ2v) is 8.02. The molecule has 1 aromatic carbocycles. The van der Waals surface area contributed by atoms with E-state index in [1.807, 2.05) is 12.1 Å². The minimum atomic E-state index is -1.26. The summed E-state index contributed by atoms with van der Waals surface area (Å²) in [4.78, 5) is 5.57. The Kier molecular flexibility index (Phi) is 3.81. The highest BCUT2D eigenvalue weighted by molar-refractivity contribution is 7.23. The molecule has 5 rings (SSSR count). The van der Waals surface area contributed by atoms with Gasteiger partial charge in [-0.15, -0.1) is 0 Å². The van der Waals surface area contributed by atoms with E-state index in [4.69, 9.17) is 4.98 Å². The summed E-state index contributed by atoms with van der Waals surface area (Å²) in [6.45, 7) is 0. The molecule has 1 unspecified atom stereocenters. The van der Waals surface area contributed by atoms with Gasteiger partial charge in [0.05, 0.1) is 10.2 Å². The number of allylic oxidation sites excluding steroid dienone is 4. The zero-order chi connectivity index (χ0) is 17.7. The highest BCUT2D eigenvalue weighted by atomic mass is 32.1. The Morgan fingerprint density at radius 2 is 2.00 bits per heavy atom. The molecule has 2 aromatic heterocycles. The first-order chi connectivity index (χ1) is 12.7. The number of nitrogens with zero attached hydrogens (tertiary/aromatic N) is 2. The van der Waals surface area contributed by atoms with Crippen LogP contribution in [0, 0.1) is 0 Å². The van der Waals surface area contributed by atoms with E-state index >= 15 is 0 Å². The second-order valence-electron chi connectivity index (χ2n) is 7.01. The Morgan fingerprint density at radius 1 is 1.19 bits per heavy atom. The van der Waals surface area contributed by atoms with Gasteiger partial charge in [0.25, 0.3) is 0 Å². The predicted molar refractivity (Wildman–Crippen MR) is 103 cm³/mol. The molecule has 1 N–H and O–H groups in total. The highest BCUT2D eigenvalue weighted by Crippen LogP contribution is 2.39. The van der Waals surface area contributed by atoms with Crippen LogP contribution in [0.3, 0.4) is 0 Å². The molecule has 134 valence electrons. The normalized spacial score (nSPS) is 21.4. The van der Waals surface area contributed by atoms with Crippen LogP contribution in [0.5, 0.6) is 0 Å². The Balaban J connectivity index is 1.70. The number of aromatic nitrogens is 2. The van der Waals surface area contributed by atoms with Crippen molar-refractivity contribution in [1.82, 2.24) is 9.38 Å². The third kappa shape index (κ3) is 2.55. The van der Waals surface area contributed by atoms with Crippen molar-refractivity contribution in [3.05, 3.63) is 47.9 Å².